The van der Waals surface area contributed by atoms with E-state index in [0.717, 1.165) is 5.76 Å². The molecule has 0 saturated carbocycles. The first-order valence-electron chi connectivity index (χ1n) is 6.44. The van der Waals surface area contributed by atoms with Gasteiger partial charge >= 0.3 is 0 Å². The van der Waals surface area contributed by atoms with Gasteiger partial charge in [0.25, 0.3) is 0 Å². The molecule has 0 bridgehead atoms. The molecular formula is C14H16N2O4S2. The van der Waals surface area contributed by atoms with Gasteiger partial charge < -0.3 is 9.73 Å². The predicted octanol–water partition coefficient (Wildman–Crippen LogP) is 2.19. The zero-order chi connectivity index (χ0) is 16.2. The molecule has 118 valence electrons. The number of anilines is 1. The van der Waals surface area contributed by atoms with E-state index in [1.165, 1.54) is 36.0 Å². The maximum Gasteiger partial charge on any atom is 0.238 e. The summed E-state index contributed by atoms with van der Waals surface area (Å²) in [4.78, 5) is 12.1. The van der Waals surface area contributed by atoms with Gasteiger partial charge in [-0.05, 0) is 43.3 Å². The molecule has 1 unspecified atom stereocenters. The van der Waals surface area contributed by atoms with Crippen molar-refractivity contribution in [1.29, 1.82) is 0 Å². The van der Waals surface area contributed by atoms with Crippen LogP contribution in [-0.2, 0) is 20.6 Å². The van der Waals surface area contributed by atoms with Gasteiger partial charge in [0.1, 0.15) is 5.76 Å². The molecule has 0 aliphatic carbocycles. The molecule has 1 amide bonds. The number of nitrogens with one attached hydrogen (secondary N) is 1. The average Bonchev–Trinajstić information content (AvgIpc) is 2.97. The van der Waals surface area contributed by atoms with Crippen molar-refractivity contribution in [2.75, 3.05) is 5.32 Å². The first-order chi connectivity index (χ1) is 10.4. The molecule has 2 aromatic rings. The Morgan fingerprint density at radius 1 is 1.32 bits per heavy atom. The number of carbonyl (C=O) groups excluding carboxylic acids is 1. The zero-order valence-corrected chi connectivity index (χ0v) is 13.5. The Bertz CT molecular complexity index is 725. The van der Waals surface area contributed by atoms with Gasteiger partial charge in [0.2, 0.25) is 15.9 Å². The minimum Gasteiger partial charge on any atom is -0.468 e. The van der Waals surface area contributed by atoms with Gasteiger partial charge in [-0.3, -0.25) is 4.79 Å². The number of hydrogen-bond acceptors (Lipinski definition) is 5. The van der Waals surface area contributed by atoms with Crippen molar-refractivity contribution in [2.24, 2.45) is 5.14 Å². The molecule has 1 atom stereocenters. The summed E-state index contributed by atoms with van der Waals surface area (Å²) in [6.45, 7) is 1.79. The molecule has 1 aromatic heterocycles. The summed E-state index contributed by atoms with van der Waals surface area (Å²) >= 11 is 1.45. The minimum atomic E-state index is -3.73. The molecule has 0 saturated heterocycles. The van der Waals surface area contributed by atoms with E-state index in [9.17, 15) is 13.2 Å². The predicted molar refractivity (Wildman–Crippen MR) is 85.9 cm³/mol. The van der Waals surface area contributed by atoms with Gasteiger partial charge in [-0.2, -0.15) is 0 Å². The van der Waals surface area contributed by atoms with Crippen LogP contribution in [0, 0.1) is 0 Å². The van der Waals surface area contributed by atoms with Crippen LogP contribution >= 0.6 is 11.8 Å². The van der Waals surface area contributed by atoms with Gasteiger partial charge in [-0.25, -0.2) is 13.6 Å². The lowest BCUT2D eigenvalue weighted by atomic mass is 10.3. The molecule has 1 aromatic carbocycles. The molecule has 2 rings (SSSR count). The minimum absolute atomic E-state index is 0.00532. The smallest absolute Gasteiger partial charge is 0.238 e. The highest BCUT2D eigenvalue weighted by molar-refractivity contribution is 7.99. The first-order valence-corrected chi connectivity index (χ1v) is 9.03. The number of thioether (sulfide) groups is 1. The maximum absolute atomic E-state index is 12.0. The standard InChI is InChI=1S/C14H16N2O4S2/c1-10(21-9-12-3-2-8-20-12)14(17)16-11-4-6-13(7-5-11)22(15,18)19/h2-8,10H,9H2,1H3,(H,16,17)(H2,15,18,19). The second kappa shape index (κ2) is 6.99. The highest BCUT2D eigenvalue weighted by atomic mass is 32.2. The van der Waals surface area contributed by atoms with Crippen molar-refractivity contribution in [2.45, 2.75) is 22.8 Å². The molecular weight excluding hydrogens is 324 g/mol. The molecule has 6 nitrogen and oxygen atoms in total. The third kappa shape index (κ3) is 4.62. The van der Waals surface area contributed by atoms with E-state index >= 15 is 0 Å². The summed E-state index contributed by atoms with van der Waals surface area (Å²) in [6, 6.07) is 9.36. The topological polar surface area (TPSA) is 102 Å². The Hall–Kier alpha value is -1.77. The Morgan fingerprint density at radius 2 is 2.00 bits per heavy atom. The number of hydrogen-bond donors (Lipinski definition) is 2. The van der Waals surface area contributed by atoms with Crippen LogP contribution < -0.4 is 10.5 Å². The Morgan fingerprint density at radius 3 is 2.55 bits per heavy atom. The van der Waals surface area contributed by atoms with Crippen LogP contribution in [0.5, 0.6) is 0 Å². The molecule has 1 heterocycles. The van der Waals surface area contributed by atoms with Gasteiger partial charge in [0, 0.05) is 5.69 Å². The number of sulfonamides is 1. The van der Waals surface area contributed by atoms with Gasteiger partial charge in [0.15, 0.2) is 0 Å². The fourth-order valence-corrected chi connectivity index (χ4v) is 2.95. The molecule has 0 fully saturated rings. The summed E-state index contributed by atoms with van der Waals surface area (Å²) in [6.07, 6.45) is 1.59. The fourth-order valence-electron chi connectivity index (χ4n) is 1.65. The van der Waals surface area contributed by atoms with E-state index in [0.29, 0.717) is 11.4 Å². The van der Waals surface area contributed by atoms with E-state index < -0.39 is 10.0 Å². The SMILES string of the molecule is CC(SCc1ccco1)C(=O)Nc1ccc(S(N)(=O)=O)cc1. The summed E-state index contributed by atoms with van der Waals surface area (Å²) < 4.78 is 27.5. The van der Waals surface area contributed by atoms with Gasteiger partial charge in [-0.1, -0.05) is 0 Å². The highest BCUT2D eigenvalue weighted by Gasteiger charge is 2.15. The highest BCUT2D eigenvalue weighted by Crippen LogP contribution is 2.20. The Balaban J connectivity index is 1.90. The van der Waals surface area contributed by atoms with E-state index in [-0.39, 0.29) is 16.1 Å². The summed E-state index contributed by atoms with van der Waals surface area (Å²) in [5, 5.41) is 7.46. The molecule has 0 spiro atoms. The monoisotopic (exact) mass is 340 g/mol. The van der Waals surface area contributed by atoms with Crippen molar-refractivity contribution >= 4 is 33.4 Å². The van der Waals surface area contributed by atoms with Crippen LogP contribution in [0.1, 0.15) is 12.7 Å². The number of benzene rings is 1. The van der Waals surface area contributed by atoms with E-state index in [1.807, 2.05) is 6.07 Å². The fraction of sp³-hybridized carbons (Fsp3) is 0.214. The van der Waals surface area contributed by atoms with Gasteiger partial charge in [0.05, 0.1) is 22.2 Å². The lowest BCUT2D eigenvalue weighted by molar-refractivity contribution is -0.115. The summed E-state index contributed by atoms with van der Waals surface area (Å²) in [5.74, 6) is 1.24. The lowest BCUT2D eigenvalue weighted by Crippen LogP contribution is -2.22. The maximum atomic E-state index is 12.0. The van der Waals surface area contributed by atoms with Crippen LogP contribution in [-0.4, -0.2) is 19.6 Å². The number of rotatable bonds is 6. The third-order valence-corrected chi connectivity index (χ3v) is 4.97. The number of amides is 1. The number of nitrogens with two attached hydrogens (primary N) is 1. The van der Waals surface area contributed by atoms with Crippen molar-refractivity contribution in [3.8, 4) is 0 Å². The molecule has 0 aliphatic heterocycles. The second-order valence-corrected chi connectivity index (χ2v) is 7.48. The zero-order valence-electron chi connectivity index (χ0n) is 11.9. The van der Waals surface area contributed by atoms with Crippen LogP contribution in [0.3, 0.4) is 0 Å². The molecule has 3 N–H and O–H groups in total. The Kier molecular flexibility index (Phi) is 5.28. The van der Waals surface area contributed by atoms with E-state index in [2.05, 4.69) is 5.32 Å². The molecule has 8 heteroatoms. The average molecular weight is 340 g/mol. The normalized spacial score (nSPS) is 12.8. The third-order valence-electron chi connectivity index (χ3n) is 2.88. The van der Waals surface area contributed by atoms with Crippen molar-refractivity contribution in [3.63, 3.8) is 0 Å². The molecule has 22 heavy (non-hydrogen) atoms. The Labute approximate surface area is 133 Å². The van der Waals surface area contributed by atoms with Crippen LogP contribution in [0.4, 0.5) is 5.69 Å². The summed E-state index contributed by atoms with van der Waals surface area (Å²) in [5.41, 5.74) is 0.517. The van der Waals surface area contributed by atoms with E-state index in [4.69, 9.17) is 9.56 Å². The molecule has 0 aliphatic rings. The van der Waals surface area contributed by atoms with Crippen LogP contribution in [0.15, 0.2) is 52.0 Å². The summed E-state index contributed by atoms with van der Waals surface area (Å²) in [7, 11) is -3.73. The quantitative estimate of drug-likeness (QED) is 0.839. The van der Waals surface area contributed by atoms with Gasteiger partial charge in [-0.15, -0.1) is 11.8 Å². The molecule has 0 radical (unpaired) electrons. The first kappa shape index (κ1) is 16.6. The number of furan rings is 1. The van der Waals surface area contributed by atoms with Crippen LogP contribution in [0.2, 0.25) is 0 Å². The van der Waals surface area contributed by atoms with Crippen molar-refractivity contribution < 1.29 is 17.6 Å². The van der Waals surface area contributed by atoms with Crippen LogP contribution in [0.25, 0.3) is 0 Å². The number of carbonyl (C=O) groups is 1. The van der Waals surface area contributed by atoms with Crippen molar-refractivity contribution in [1.82, 2.24) is 0 Å². The lowest BCUT2D eigenvalue weighted by Gasteiger charge is -2.11. The number of primary sulfonamides is 1. The second-order valence-electron chi connectivity index (χ2n) is 4.59. The largest absolute Gasteiger partial charge is 0.468 e. The van der Waals surface area contributed by atoms with E-state index in [1.54, 1.807) is 19.3 Å². The van der Waals surface area contributed by atoms with Crippen molar-refractivity contribution in [3.05, 3.63) is 48.4 Å².